The smallest absolute Gasteiger partial charge is 0.238 e. The average molecular weight is 605 g/mol. The number of allylic oxidation sites excluding steroid dienone is 4. The van der Waals surface area contributed by atoms with Crippen LogP contribution in [0.3, 0.4) is 0 Å². The third kappa shape index (κ3) is 4.21. The van der Waals surface area contributed by atoms with Crippen molar-refractivity contribution < 1.29 is 4.42 Å². The monoisotopic (exact) mass is 604 g/mol. The Labute approximate surface area is 271 Å². The first kappa shape index (κ1) is 27.0. The summed E-state index contributed by atoms with van der Waals surface area (Å²) in [6.45, 7) is 6.11. The maximum Gasteiger partial charge on any atom is 0.238 e. The molecule has 3 heterocycles. The highest BCUT2D eigenvalue weighted by molar-refractivity contribution is 6.10. The van der Waals surface area contributed by atoms with Crippen LogP contribution in [0.25, 0.3) is 71.8 Å². The molecular weight excluding hydrogens is 576 g/mol. The molecule has 0 aliphatic carbocycles. The summed E-state index contributed by atoms with van der Waals surface area (Å²) < 4.78 is 6.48. The fraction of sp³-hybridized carbons (Fsp3) is 0.0238. The number of nitrogens with zero attached hydrogens (tertiary/aromatic N) is 4. The number of rotatable bonds is 5. The standard InChI is InChI=1S/C42H28N4O/c1-3-4-23-35-26(2)29-19-10-15-28-16-11-24-36(38(28)29)46(35)42-44-40(33-21-9-14-27-13-5-6-17-30(27)33)43-41(45-42)34-22-12-20-32-31-18-7-8-25-37(31)47-39(32)34/h3-25H,1H2,2H3/b23-4-. The second-order valence-corrected chi connectivity index (χ2v) is 11.7. The fourth-order valence-electron chi connectivity index (χ4n) is 6.88. The normalized spacial score (nSPS) is 13.1. The Kier molecular flexibility index (Phi) is 6.12. The van der Waals surface area contributed by atoms with Crippen molar-refractivity contribution in [2.24, 2.45) is 0 Å². The molecule has 2 aromatic heterocycles. The summed E-state index contributed by atoms with van der Waals surface area (Å²) in [5.41, 5.74) is 7.61. The van der Waals surface area contributed by atoms with Crippen molar-refractivity contribution in [2.75, 3.05) is 4.90 Å². The van der Waals surface area contributed by atoms with Crippen LogP contribution in [-0.4, -0.2) is 15.0 Å². The van der Waals surface area contributed by atoms with E-state index in [2.05, 4.69) is 115 Å². The largest absolute Gasteiger partial charge is 0.455 e. The minimum Gasteiger partial charge on any atom is -0.455 e. The van der Waals surface area contributed by atoms with E-state index in [4.69, 9.17) is 19.4 Å². The molecule has 0 radical (unpaired) electrons. The number of anilines is 2. The van der Waals surface area contributed by atoms with Crippen LogP contribution in [0.4, 0.5) is 11.6 Å². The van der Waals surface area contributed by atoms with Crippen LogP contribution in [0.15, 0.2) is 156 Å². The lowest BCUT2D eigenvalue weighted by Gasteiger charge is -2.32. The van der Waals surface area contributed by atoms with Gasteiger partial charge in [-0.15, -0.1) is 0 Å². The van der Waals surface area contributed by atoms with Gasteiger partial charge in [0.25, 0.3) is 0 Å². The lowest BCUT2D eigenvalue weighted by Crippen LogP contribution is -2.23. The number of aromatic nitrogens is 3. The fourth-order valence-corrected chi connectivity index (χ4v) is 6.88. The summed E-state index contributed by atoms with van der Waals surface area (Å²) in [6.07, 6.45) is 5.84. The van der Waals surface area contributed by atoms with Crippen LogP contribution in [0.2, 0.25) is 0 Å². The lowest BCUT2D eigenvalue weighted by molar-refractivity contribution is 0.669. The number of hydrogen-bond donors (Lipinski definition) is 0. The molecular formula is C42H28N4O. The first-order chi connectivity index (χ1) is 23.2. The highest BCUT2D eigenvalue weighted by Gasteiger charge is 2.28. The quantitative estimate of drug-likeness (QED) is 0.183. The molecule has 0 fully saturated rings. The Balaban J connectivity index is 1.37. The van der Waals surface area contributed by atoms with E-state index in [9.17, 15) is 0 Å². The molecule has 0 spiro atoms. The number of furan rings is 1. The molecule has 47 heavy (non-hydrogen) atoms. The van der Waals surface area contributed by atoms with E-state index in [0.717, 1.165) is 71.6 Å². The van der Waals surface area contributed by atoms with E-state index in [1.165, 1.54) is 5.56 Å². The molecule has 1 aliphatic rings. The van der Waals surface area contributed by atoms with E-state index in [0.29, 0.717) is 17.6 Å². The van der Waals surface area contributed by atoms with Crippen molar-refractivity contribution in [3.05, 3.63) is 157 Å². The Morgan fingerprint density at radius 2 is 1.26 bits per heavy atom. The summed E-state index contributed by atoms with van der Waals surface area (Å²) in [7, 11) is 0. The molecule has 8 aromatic rings. The highest BCUT2D eigenvalue weighted by Crippen LogP contribution is 2.45. The van der Waals surface area contributed by atoms with Gasteiger partial charge in [0, 0.05) is 21.7 Å². The van der Waals surface area contributed by atoms with Crippen LogP contribution < -0.4 is 4.90 Å². The van der Waals surface area contributed by atoms with Gasteiger partial charge in [-0.05, 0) is 58.5 Å². The third-order valence-corrected chi connectivity index (χ3v) is 9.04. The van der Waals surface area contributed by atoms with E-state index >= 15 is 0 Å². The molecule has 0 amide bonds. The maximum atomic E-state index is 6.48. The minimum atomic E-state index is 0.524. The SMILES string of the molecule is C=C/C=C\C1=C(C)c2cccc3cccc(c23)N1c1nc(-c2cccc3ccccc23)nc(-c2cccc3c2oc2ccccc23)n1. The maximum absolute atomic E-state index is 6.48. The molecule has 0 N–H and O–H groups in total. The first-order valence-electron chi connectivity index (χ1n) is 15.7. The average Bonchev–Trinajstić information content (AvgIpc) is 3.51. The van der Waals surface area contributed by atoms with Crippen LogP contribution in [0.5, 0.6) is 0 Å². The Morgan fingerprint density at radius 3 is 2.11 bits per heavy atom. The zero-order valence-electron chi connectivity index (χ0n) is 25.7. The van der Waals surface area contributed by atoms with Crippen molar-refractivity contribution in [1.29, 1.82) is 0 Å². The lowest BCUT2D eigenvalue weighted by atomic mass is 9.92. The molecule has 222 valence electrons. The van der Waals surface area contributed by atoms with Crippen LogP contribution in [0, 0.1) is 0 Å². The molecule has 5 nitrogen and oxygen atoms in total. The Hall–Kier alpha value is -6.33. The zero-order valence-corrected chi connectivity index (χ0v) is 25.7. The van der Waals surface area contributed by atoms with Crippen molar-refractivity contribution in [3.8, 4) is 22.8 Å². The van der Waals surface area contributed by atoms with Crippen LogP contribution in [-0.2, 0) is 0 Å². The molecule has 5 heteroatoms. The zero-order chi connectivity index (χ0) is 31.5. The van der Waals surface area contributed by atoms with Gasteiger partial charge < -0.3 is 4.42 Å². The van der Waals surface area contributed by atoms with Gasteiger partial charge in [0.2, 0.25) is 5.95 Å². The van der Waals surface area contributed by atoms with Crippen LogP contribution >= 0.6 is 0 Å². The topological polar surface area (TPSA) is 55.1 Å². The molecule has 0 saturated carbocycles. The summed E-state index contributed by atoms with van der Waals surface area (Å²) in [4.78, 5) is 17.8. The second-order valence-electron chi connectivity index (χ2n) is 11.7. The number of benzene rings is 6. The minimum absolute atomic E-state index is 0.524. The van der Waals surface area contributed by atoms with Crippen molar-refractivity contribution in [3.63, 3.8) is 0 Å². The second kappa shape index (κ2) is 10.6. The number of fused-ring (bicyclic) bond motifs is 4. The van der Waals surface area contributed by atoms with Crippen molar-refractivity contribution in [2.45, 2.75) is 6.92 Å². The predicted octanol–water partition coefficient (Wildman–Crippen LogP) is 11.0. The van der Waals surface area contributed by atoms with Gasteiger partial charge in [-0.2, -0.15) is 9.97 Å². The van der Waals surface area contributed by atoms with Gasteiger partial charge in [-0.3, -0.25) is 4.90 Å². The molecule has 0 saturated heterocycles. The summed E-state index contributed by atoms with van der Waals surface area (Å²) in [5, 5.41) is 6.60. The van der Waals surface area contributed by atoms with Gasteiger partial charge in [-0.25, -0.2) is 4.98 Å². The van der Waals surface area contributed by atoms with Crippen LogP contribution in [0.1, 0.15) is 12.5 Å². The summed E-state index contributed by atoms with van der Waals surface area (Å²) >= 11 is 0. The summed E-state index contributed by atoms with van der Waals surface area (Å²) in [5.74, 6) is 1.65. The van der Waals surface area contributed by atoms with Gasteiger partial charge >= 0.3 is 0 Å². The van der Waals surface area contributed by atoms with E-state index in [1.54, 1.807) is 6.08 Å². The molecule has 0 atom stereocenters. The number of hydrogen-bond acceptors (Lipinski definition) is 5. The van der Waals surface area contributed by atoms with E-state index < -0.39 is 0 Å². The van der Waals surface area contributed by atoms with Crippen molar-refractivity contribution >= 4 is 60.7 Å². The van der Waals surface area contributed by atoms with Gasteiger partial charge in [0.05, 0.1) is 16.9 Å². The Morgan fingerprint density at radius 1 is 0.617 bits per heavy atom. The van der Waals surface area contributed by atoms with Gasteiger partial charge in [-0.1, -0.05) is 122 Å². The molecule has 9 rings (SSSR count). The summed E-state index contributed by atoms with van der Waals surface area (Å²) in [6, 6.07) is 41.7. The van der Waals surface area contributed by atoms with Gasteiger partial charge in [0.15, 0.2) is 11.6 Å². The molecule has 6 aromatic carbocycles. The Bertz CT molecular complexity index is 2620. The third-order valence-electron chi connectivity index (χ3n) is 9.04. The molecule has 0 unspecified atom stereocenters. The molecule has 0 bridgehead atoms. The van der Waals surface area contributed by atoms with E-state index in [-0.39, 0.29) is 0 Å². The molecule has 1 aliphatic heterocycles. The number of para-hydroxylation sites is 2. The van der Waals surface area contributed by atoms with Crippen molar-refractivity contribution in [1.82, 2.24) is 15.0 Å². The predicted molar refractivity (Wildman–Crippen MR) is 194 cm³/mol. The highest BCUT2D eigenvalue weighted by atomic mass is 16.3. The van der Waals surface area contributed by atoms with Gasteiger partial charge in [0.1, 0.15) is 11.2 Å². The first-order valence-corrected chi connectivity index (χ1v) is 15.7. The van der Waals surface area contributed by atoms with E-state index in [1.807, 2.05) is 36.4 Å².